The second-order valence-electron chi connectivity index (χ2n) is 22.6. The number of imidazole rings is 7. The Morgan fingerprint density at radius 3 is 1.37 bits per heavy atom. The van der Waals surface area contributed by atoms with Crippen LogP contribution in [0.5, 0.6) is 11.8 Å². The van der Waals surface area contributed by atoms with E-state index in [4.69, 9.17) is 26.7 Å². The molecule has 0 bridgehead atoms. The lowest BCUT2D eigenvalue weighted by Crippen LogP contribution is -2.30. The molecule has 54 heteroatoms. The molecule has 2 aliphatic rings. The summed E-state index contributed by atoms with van der Waals surface area (Å²) in [6, 6.07) is 0. The van der Waals surface area contributed by atoms with Gasteiger partial charge in [0.15, 0.2) is 57.8 Å². The summed E-state index contributed by atoms with van der Waals surface area (Å²) in [4.78, 5) is 138. The normalized spacial score (nSPS) is 17.9. The highest BCUT2D eigenvalue weighted by molar-refractivity contribution is 5.98. The molecule has 2 fully saturated rings. The number of aliphatic imine (C=N–C) groups is 1. The predicted molar refractivity (Wildman–Crippen MR) is 366 cm³/mol. The quantitative estimate of drug-likeness (QED) is 0.0377. The van der Waals surface area contributed by atoms with Gasteiger partial charge < -0.3 is 78.1 Å². The molecule has 0 saturated carbocycles. The average Bonchev–Trinajstić information content (AvgIpc) is 1.61. The van der Waals surface area contributed by atoms with E-state index in [9.17, 15) is 73.8 Å². The molecule has 2 saturated heterocycles. The van der Waals surface area contributed by atoms with Crippen LogP contribution in [0.4, 0.5) is 0 Å². The number of aromatic nitrogens is 28. The number of hydrogen-bond acceptors (Lipinski definition) is 38. The molecule has 0 spiro atoms. The van der Waals surface area contributed by atoms with Crippen LogP contribution in [0.25, 0.3) is 28.1 Å². The van der Waals surface area contributed by atoms with Crippen molar-refractivity contribution in [3.05, 3.63) is 142 Å². The first-order valence-electron chi connectivity index (χ1n) is 31.2. The number of nitrogens with two attached hydrogens (primary N) is 3. The van der Waals surface area contributed by atoms with Gasteiger partial charge >= 0.3 is 28.4 Å². The Kier molecular flexibility index (Phi) is 25.9. The number of ether oxygens (including phenoxy) is 2. The molecule has 8 atom stereocenters. The highest BCUT2D eigenvalue weighted by atomic mass is 16.6. The van der Waals surface area contributed by atoms with Crippen molar-refractivity contribution in [1.29, 1.82) is 0 Å². The van der Waals surface area contributed by atoms with Gasteiger partial charge in [-0.3, -0.25) is 33.3 Å². The van der Waals surface area contributed by atoms with E-state index < -0.39 is 95.8 Å². The molecule has 580 valence electrons. The number of oxime groups is 1. The van der Waals surface area contributed by atoms with Gasteiger partial charge in [-0.15, -0.1) is 20.4 Å². The van der Waals surface area contributed by atoms with Crippen LogP contribution in [-0.2, 0) is 62.6 Å². The summed E-state index contributed by atoms with van der Waals surface area (Å²) in [5.41, 5.74) is 16.5. The molecule has 54 nitrogen and oxygen atoms in total. The molecule has 14 rings (SSSR count). The van der Waals surface area contributed by atoms with Crippen LogP contribution in [0.2, 0.25) is 0 Å². The molecule has 15 N–H and O–H groups in total. The van der Waals surface area contributed by atoms with Crippen LogP contribution in [0, 0.1) is 0 Å². The van der Waals surface area contributed by atoms with Gasteiger partial charge in [0.25, 0.3) is 23.6 Å². The predicted octanol–water partition coefficient (Wildman–Crippen LogP) is -10.7. The first kappa shape index (κ1) is 80.9. The maximum absolute atomic E-state index is 11.9. The van der Waals surface area contributed by atoms with Crippen molar-refractivity contribution in [2.75, 3.05) is 35.3 Å². The second kappa shape index (κ2) is 34.9. The van der Waals surface area contributed by atoms with Crippen molar-refractivity contribution in [3.8, 4) is 11.8 Å². The zero-order chi connectivity index (χ0) is 80.2. The Balaban J connectivity index is 0.000000160. The van der Waals surface area contributed by atoms with E-state index in [2.05, 4.69) is 112 Å². The monoisotopic (exact) mass is 1520 g/mol. The summed E-state index contributed by atoms with van der Waals surface area (Å²) < 4.78 is 24.7. The molecule has 0 unspecified atom stereocenters. The topological polar surface area (TPSA) is 704 Å². The van der Waals surface area contributed by atoms with Gasteiger partial charge in [-0.05, 0) is 27.9 Å². The maximum Gasteiger partial charge on any atom is 0.352 e. The minimum absolute atomic E-state index is 0.0551. The van der Waals surface area contributed by atoms with Crippen molar-refractivity contribution < 1.29 is 64.1 Å². The van der Waals surface area contributed by atoms with E-state index in [1.165, 1.54) is 102 Å². The number of nitrogens with one attached hydrogen (secondary N) is 3. The van der Waals surface area contributed by atoms with E-state index >= 15 is 0 Å². The number of nitrogens with zero attached hydrogens (tertiary/aromatic N) is 30. The number of aryl methyl sites for hydroxylation is 5. The number of carbonyl (C=O) groups is 4. The van der Waals surface area contributed by atoms with E-state index in [1.807, 2.05) is 7.05 Å². The molecule has 2 aliphatic heterocycles. The Bertz CT molecular complexity index is 5590. The summed E-state index contributed by atoms with van der Waals surface area (Å²) in [5, 5.41) is 103. The Morgan fingerprint density at radius 2 is 0.945 bits per heavy atom. The number of aromatic hydroxyl groups is 2. The van der Waals surface area contributed by atoms with Crippen LogP contribution in [0.15, 0.2) is 78.3 Å². The van der Waals surface area contributed by atoms with Gasteiger partial charge in [-0.25, -0.2) is 85.5 Å². The number of aliphatic hydroxyl groups excluding tert-OH is 4. The molecule has 0 radical (unpaired) electrons. The van der Waals surface area contributed by atoms with Gasteiger partial charge in [-0.2, -0.15) is 23.8 Å². The highest BCUT2D eigenvalue weighted by Crippen LogP contribution is 2.34. The largest absolute Gasteiger partial charge is 0.493 e. The van der Waals surface area contributed by atoms with Crippen molar-refractivity contribution >= 4 is 64.2 Å². The Morgan fingerprint density at radius 1 is 0.532 bits per heavy atom. The molecule has 12 aromatic heterocycles. The summed E-state index contributed by atoms with van der Waals surface area (Å²) in [6.07, 6.45) is 4.56. The minimum atomic E-state index is -1.22. The van der Waals surface area contributed by atoms with Gasteiger partial charge in [0, 0.05) is 55.9 Å². The van der Waals surface area contributed by atoms with Crippen LogP contribution in [-0.4, -0.2) is 274 Å². The van der Waals surface area contributed by atoms with Crippen LogP contribution >= 0.6 is 0 Å². The van der Waals surface area contributed by atoms with Crippen LogP contribution in [0.3, 0.4) is 0 Å². The third-order valence-electron chi connectivity index (χ3n) is 15.3. The van der Waals surface area contributed by atoms with Crippen LogP contribution in [0.1, 0.15) is 91.2 Å². The Hall–Kier alpha value is -13.8. The van der Waals surface area contributed by atoms with E-state index in [0.29, 0.717) is 41.6 Å². The third kappa shape index (κ3) is 17.1. The average molecular weight is 1530 g/mol. The van der Waals surface area contributed by atoms with E-state index in [0.717, 1.165) is 56.1 Å². The second-order valence-corrected chi connectivity index (χ2v) is 22.6. The van der Waals surface area contributed by atoms with Crippen molar-refractivity contribution in [2.24, 2.45) is 62.6 Å². The molecule has 0 aromatic carbocycles. The standard InChI is InChI=1S/2C9H13N3O5.C8H11N7O2.C8H11N5O.2C7H8N6O2.C7H8N6O/c2*1-3-5(13)6(14)9(17-3)12-2-11-4(7(10)15)8(12)16;1-10-3-4-11-5(6(9)16)7-12-13-14(2)8(17)15(4)7;1-9-3-6-7-4-11-12(2)8(14)13(7)5-10-6;1-8-6(14)4-5-10-11-12(2)7(15)13(5)3-9-4;1-12-7(14)13-4-8-5(3-9-15-2)6(13)10-11-12;1-8-3-5-6-10-11-12(2)7(14)13(6)4-9-5/h2*2-3,5-6,9,13-14,16H,1H3,(H2,10,15);10H,3H2,1-2H3,(H2,9,16);4-5,9H,3H2,1-2H3;3H,1-2H3,(H,8,14);3-4H,1-2H3;3-4H,1-2H3/b;;;;;9-3-;/t2*3-,5-,6-,9-;;;;;/m11...../s1. The number of rotatable bonds is 13. The molecule has 0 aliphatic carbocycles. The first-order chi connectivity index (χ1) is 51.8. The summed E-state index contributed by atoms with van der Waals surface area (Å²) >= 11 is 0. The molecule has 4 amide bonds. The number of hydrogen-bond donors (Lipinski definition) is 12. The van der Waals surface area contributed by atoms with Gasteiger partial charge in [-0.1, -0.05) is 26.0 Å². The zero-order valence-corrected chi connectivity index (χ0v) is 59.5. The van der Waals surface area contributed by atoms with Gasteiger partial charge in [0.05, 0.1) is 48.6 Å². The number of primary amides is 3. The third-order valence-corrected chi connectivity index (χ3v) is 15.3. The molecule has 14 heterocycles. The van der Waals surface area contributed by atoms with Crippen molar-refractivity contribution in [3.63, 3.8) is 0 Å². The summed E-state index contributed by atoms with van der Waals surface area (Å²) in [7, 11) is 15.6. The molecular formula is C55H72N36O18. The molecule has 12 aromatic rings. The summed E-state index contributed by atoms with van der Waals surface area (Å²) in [6.45, 7) is 4.11. The van der Waals surface area contributed by atoms with Crippen LogP contribution < -0.4 is 61.6 Å². The number of fused-ring (bicyclic) bond motifs is 5. The fraction of sp³-hybridized carbons (Fsp3) is 0.400. The molecular weight excluding hydrogens is 1450 g/mol. The fourth-order valence-corrected chi connectivity index (χ4v) is 9.73. The lowest BCUT2D eigenvalue weighted by molar-refractivity contribution is -0.0357. The first-order valence-corrected chi connectivity index (χ1v) is 31.2. The summed E-state index contributed by atoms with van der Waals surface area (Å²) in [5.74, 6) is -3.55. The van der Waals surface area contributed by atoms with Crippen molar-refractivity contribution in [1.82, 2.24) is 152 Å². The maximum atomic E-state index is 11.9. The zero-order valence-electron chi connectivity index (χ0n) is 59.5. The SMILES string of the molecule is CN=Cc1ncn2c(=O)n(C)nnc12.CNC(=O)c1ncn2c(=O)n(C)nnc12.CNCc1nc(C(N)=O)c2nnn(C)c(=O)n12.CNCc1ncn2c(=O)n(C)ncc12.CO/N=C\c1ncn2c(=O)n(C)nnc12.C[C@H]1O[C@@H](n2cnc(C(N)=O)c2O)[C@H](O)[C@@H]1O.C[C@H]1O[C@@H](n2cnc(C(N)=O)c2O)[C@H](O)[C@@H]1O. The fourth-order valence-electron chi connectivity index (χ4n) is 9.73. The Labute approximate surface area is 606 Å². The lowest BCUT2D eigenvalue weighted by Gasteiger charge is -2.16. The minimum Gasteiger partial charge on any atom is -0.493 e. The molecule has 109 heavy (non-hydrogen) atoms. The lowest BCUT2D eigenvalue weighted by atomic mass is 10.1. The smallest absolute Gasteiger partial charge is 0.352 e. The number of amides is 4. The van der Waals surface area contributed by atoms with Crippen molar-refractivity contribution in [2.45, 2.75) is 76.0 Å². The van der Waals surface area contributed by atoms with E-state index in [1.54, 1.807) is 41.2 Å². The van der Waals surface area contributed by atoms with Gasteiger partial charge in [0.2, 0.25) is 11.8 Å². The highest BCUT2D eigenvalue weighted by Gasteiger charge is 2.44. The van der Waals surface area contributed by atoms with E-state index in [-0.39, 0.29) is 51.1 Å². The van der Waals surface area contributed by atoms with Gasteiger partial charge in [0.1, 0.15) is 86.7 Å². The number of aliphatic hydroxyl groups is 4. The number of carbonyl (C=O) groups excluding carboxylic acids is 4.